The van der Waals surface area contributed by atoms with E-state index < -0.39 is 24.0 Å². The zero-order chi connectivity index (χ0) is 26.5. The van der Waals surface area contributed by atoms with Gasteiger partial charge in [-0.15, -0.1) is 12.2 Å². The summed E-state index contributed by atoms with van der Waals surface area (Å²) in [5, 5.41) is 30.6. The highest BCUT2D eigenvalue weighted by Crippen LogP contribution is 2.50. The number of aromatic amines is 1. The van der Waals surface area contributed by atoms with Gasteiger partial charge < -0.3 is 15.1 Å². The van der Waals surface area contributed by atoms with Crippen LogP contribution in [0.15, 0.2) is 71.2 Å². The molecule has 196 valence electrons. The van der Waals surface area contributed by atoms with Crippen molar-refractivity contribution in [2.45, 2.75) is 76.9 Å². The molecule has 2 unspecified atom stereocenters. The van der Waals surface area contributed by atoms with E-state index in [1.807, 2.05) is 62.4 Å². The summed E-state index contributed by atoms with van der Waals surface area (Å²) in [4.78, 5) is 15.8. The molecule has 1 saturated carbocycles. The van der Waals surface area contributed by atoms with Crippen molar-refractivity contribution in [1.29, 1.82) is 0 Å². The second-order valence-corrected chi connectivity index (χ2v) is 11.3. The van der Waals surface area contributed by atoms with Crippen molar-refractivity contribution in [3.63, 3.8) is 0 Å². The van der Waals surface area contributed by atoms with E-state index in [1.165, 1.54) is 10.2 Å². The Morgan fingerprint density at radius 3 is 2.32 bits per heavy atom. The van der Waals surface area contributed by atoms with Crippen LogP contribution in [0.5, 0.6) is 0 Å². The minimum Gasteiger partial charge on any atom is -0.851 e. The third-order valence-corrected chi connectivity index (χ3v) is 8.23. The summed E-state index contributed by atoms with van der Waals surface area (Å²) in [6.07, 6.45) is 1.71. The molecule has 2 atom stereocenters. The topological polar surface area (TPSA) is 87.2 Å². The Kier molecular flexibility index (Phi) is 6.67. The standard InChI is InChI=1S/C31H37N3O3/c1-6-7-17-33-23-16-12-11-15-22(23)31(4,5)24(33)18-21-28(35)26(29(21)36)25-27(19(2)3)32-34(30(25)37)20-13-9-8-10-14-20/h8-16,18-19,21,26,28-29,32H,6-7,17H2,1-5H3/q-2. The molecule has 0 spiro atoms. The SMILES string of the molecule is CCCCN1C(=CC2C([O-])C(c3c(C(C)C)[nH]n(-c4ccccc4)c3=O)C2[O-])C(C)(C)c2ccccc21. The number of anilines is 1. The second-order valence-electron chi connectivity index (χ2n) is 11.3. The van der Waals surface area contributed by atoms with Crippen LogP contribution in [0.1, 0.15) is 76.1 Å². The van der Waals surface area contributed by atoms with E-state index in [0.717, 1.165) is 30.8 Å². The van der Waals surface area contributed by atoms with Gasteiger partial charge in [-0.2, -0.15) is 0 Å². The Balaban J connectivity index is 1.51. The molecule has 37 heavy (non-hydrogen) atoms. The number of para-hydroxylation sites is 2. The van der Waals surface area contributed by atoms with Crippen LogP contribution in [-0.2, 0) is 5.41 Å². The van der Waals surface area contributed by atoms with E-state index >= 15 is 0 Å². The number of hydrogen-bond donors (Lipinski definition) is 1. The van der Waals surface area contributed by atoms with Crippen molar-refractivity contribution >= 4 is 5.69 Å². The molecular weight excluding hydrogens is 462 g/mol. The molecule has 1 aromatic heterocycles. The van der Waals surface area contributed by atoms with E-state index in [4.69, 9.17) is 0 Å². The first-order valence-corrected chi connectivity index (χ1v) is 13.5. The Bertz CT molecular complexity index is 1340. The van der Waals surface area contributed by atoms with Crippen molar-refractivity contribution in [3.8, 4) is 5.69 Å². The van der Waals surface area contributed by atoms with Gasteiger partial charge in [-0.05, 0) is 47.9 Å². The Hall–Kier alpha value is -3.09. The summed E-state index contributed by atoms with van der Waals surface area (Å²) in [5.74, 6) is -1.54. The first-order chi connectivity index (χ1) is 17.7. The molecule has 3 aromatic rings. The number of nitrogens with one attached hydrogen (secondary N) is 1. The molecule has 0 amide bonds. The number of benzene rings is 2. The number of H-pyrrole nitrogens is 1. The molecule has 5 rings (SSSR count). The number of nitrogens with zero attached hydrogens (tertiary/aromatic N) is 2. The number of rotatable bonds is 7. The van der Waals surface area contributed by atoms with E-state index in [-0.39, 0.29) is 16.9 Å². The van der Waals surface area contributed by atoms with Gasteiger partial charge in [-0.25, -0.2) is 4.68 Å². The molecule has 2 aromatic carbocycles. The van der Waals surface area contributed by atoms with E-state index in [1.54, 1.807) is 0 Å². The molecule has 1 aliphatic carbocycles. The smallest absolute Gasteiger partial charge is 0.274 e. The average Bonchev–Trinajstić information content (AvgIpc) is 3.33. The molecule has 0 saturated heterocycles. The normalized spacial score (nSPS) is 25.5. The van der Waals surface area contributed by atoms with Gasteiger partial charge in [0.15, 0.2) is 0 Å². The third kappa shape index (κ3) is 4.07. The molecule has 0 radical (unpaired) electrons. The van der Waals surface area contributed by atoms with Crippen LogP contribution in [0.25, 0.3) is 5.69 Å². The summed E-state index contributed by atoms with van der Waals surface area (Å²) in [5.41, 5.74) is 4.57. The maximum atomic E-state index is 13.7. The minimum absolute atomic E-state index is 0.0164. The second kappa shape index (κ2) is 9.66. The maximum absolute atomic E-state index is 13.7. The van der Waals surface area contributed by atoms with Crippen LogP contribution in [0.3, 0.4) is 0 Å². The van der Waals surface area contributed by atoms with Gasteiger partial charge in [-0.1, -0.05) is 83.5 Å². The Morgan fingerprint density at radius 1 is 1.03 bits per heavy atom. The first kappa shape index (κ1) is 25.6. The zero-order valence-corrected chi connectivity index (χ0v) is 22.4. The number of allylic oxidation sites excluding steroid dienone is 1. The first-order valence-electron chi connectivity index (χ1n) is 13.5. The lowest BCUT2D eigenvalue weighted by molar-refractivity contribution is -0.543. The van der Waals surface area contributed by atoms with Crippen molar-refractivity contribution in [2.75, 3.05) is 11.4 Å². The van der Waals surface area contributed by atoms with Crippen molar-refractivity contribution in [2.24, 2.45) is 5.92 Å². The zero-order valence-electron chi connectivity index (χ0n) is 22.4. The molecule has 2 aliphatic rings. The minimum atomic E-state index is -1.16. The highest BCUT2D eigenvalue weighted by molar-refractivity contribution is 5.70. The highest BCUT2D eigenvalue weighted by atomic mass is 16.3. The Labute approximate surface area is 219 Å². The van der Waals surface area contributed by atoms with Gasteiger partial charge in [0.05, 0.1) is 5.69 Å². The fourth-order valence-corrected chi connectivity index (χ4v) is 6.09. The van der Waals surface area contributed by atoms with Crippen LogP contribution in [0, 0.1) is 5.92 Å². The van der Waals surface area contributed by atoms with Crippen LogP contribution in [0.4, 0.5) is 5.69 Å². The molecule has 2 heterocycles. The molecule has 6 nitrogen and oxygen atoms in total. The lowest BCUT2D eigenvalue weighted by Crippen LogP contribution is -2.65. The van der Waals surface area contributed by atoms with Crippen LogP contribution in [0.2, 0.25) is 0 Å². The molecule has 1 aliphatic heterocycles. The highest BCUT2D eigenvalue weighted by Gasteiger charge is 2.44. The molecular formula is C31H37N3O3-2. The van der Waals surface area contributed by atoms with Gasteiger partial charge in [-0.3, -0.25) is 9.89 Å². The maximum Gasteiger partial charge on any atom is 0.274 e. The summed E-state index contributed by atoms with van der Waals surface area (Å²) >= 11 is 0. The molecule has 0 bridgehead atoms. The fourth-order valence-electron chi connectivity index (χ4n) is 6.09. The Morgan fingerprint density at radius 2 is 1.68 bits per heavy atom. The number of hydrogen-bond acceptors (Lipinski definition) is 4. The van der Waals surface area contributed by atoms with Gasteiger partial charge in [0.2, 0.25) is 0 Å². The van der Waals surface area contributed by atoms with Crippen molar-refractivity contribution < 1.29 is 10.2 Å². The van der Waals surface area contributed by atoms with Crippen LogP contribution < -0.4 is 20.7 Å². The largest absolute Gasteiger partial charge is 0.851 e. The van der Waals surface area contributed by atoms with E-state index in [0.29, 0.717) is 16.9 Å². The monoisotopic (exact) mass is 499 g/mol. The number of fused-ring (bicyclic) bond motifs is 1. The fraction of sp³-hybridized carbons (Fsp3) is 0.452. The van der Waals surface area contributed by atoms with Crippen molar-refractivity contribution in [3.05, 3.63) is 93.5 Å². The summed E-state index contributed by atoms with van der Waals surface area (Å²) in [6, 6.07) is 17.7. The van der Waals surface area contributed by atoms with Gasteiger partial charge in [0.1, 0.15) is 0 Å². The quantitative estimate of drug-likeness (QED) is 0.533. The lowest BCUT2D eigenvalue weighted by Gasteiger charge is -2.60. The summed E-state index contributed by atoms with van der Waals surface area (Å²) in [6.45, 7) is 11.3. The van der Waals surface area contributed by atoms with Gasteiger partial charge in [0, 0.05) is 34.6 Å². The lowest BCUT2D eigenvalue weighted by atomic mass is 9.64. The number of unbranched alkanes of at least 4 members (excludes halogenated alkanes) is 1. The van der Waals surface area contributed by atoms with Gasteiger partial charge >= 0.3 is 0 Å². The summed E-state index contributed by atoms with van der Waals surface area (Å²) < 4.78 is 1.47. The van der Waals surface area contributed by atoms with Gasteiger partial charge in [0.25, 0.3) is 5.56 Å². The molecule has 1 N–H and O–H groups in total. The predicted molar refractivity (Wildman–Crippen MR) is 144 cm³/mol. The van der Waals surface area contributed by atoms with Crippen molar-refractivity contribution in [1.82, 2.24) is 9.78 Å². The third-order valence-electron chi connectivity index (χ3n) is 8.23. The van der Waals surface area contributed by atoms with E-state index in [2.05, 4.69) is 42.9 Å². The van der Waals surface area contributed by atoms with Crippen LogP contribution in [-0.4, -0.2) is 28.5 Å². The van der Waals surface area contributed by atoms with E-state index in [9.17, 15) is 15.0 Å². The summed E-state index contributed by atoms with van der Waals surface area (Å²) in [7, 11) is 0. The predicted octanol–water partition coefficient (Wildman–Crippen LogP) is 3.94. The average molecular weight is 500 g/mol. The van der Waals surface area contributed by atoms with Crippen LogP contribution >= 0.6 is 0 Å². The molecule has 6 heteroatoms. The number of aromatic nitrogens is 2. The molecule has 1 fully saturated rings.